The third-order valence-electron chi connectivity index (χ3n) is 10.5. The van der Waals surface area contributed by atoms with Crippen LogP contribution in [0.15, 0.2) is 65.7 Å². The van der Waals surface area contributed by atoms with E-state index in [1.54, 1.807) is 0 Å². The van der Waals surface area contributed by atoms with Gasteiger partial charge in [-0.3, -0.25) is 0 Å². The van der Waals surface area contributed by atoms with Crippen LogP contribution in [0.25, 0.3) is 34.4 Å². The average Bonchev–Trinajstić information content (AvgIpc) is 3.45. The molecule has 0 heterocycles. The molecule has 0 aromatic heterocycles. The Morgan fingerprint density at radius 3 is 1.52 bits per heavy atom. The first-order chi connectivity index (χ1) is 21.5. The normalized spacial score (nSPS) is 17.5. The van der Waals surface area contributed by atoms with Gasteiger partial charge in [-0.1, -0.05) is 140 Å². The van der Waals surface area contributed by atoms with Crippen molar-refractivity contribution < 1.29 is 4.74 Å². The fraction of sp³-hybridized carbons (Fsp3) is 0.364. The smallest absolute Gasteiger partial charge is 0.131 e. The summed E-state index contributed by atoms with van der Waals surface area (Å²) < 4.78 is 6.34. The van der Waals surface area contributed by atoms with Gasteiger partial charge in [0.2, 0.25) is 0 Å². The number of rotatable bonds is 5. The standard InChI is InChI=1S/C44H52OSi/c1-25-14-26(2)17-32(16-25)34-20-29(5)21-37-35(34)22-30(6)42(37)46(12,13)43-31(7)23-36-38(43)24-39(44(8,9)10)41(45-11)40(36)33-18-27(3)15-28(4)19-33/h14-24,42-43H,1-13H3. The number of hydrogen-bond acceptors (Lipinski definition) is 1. The van der Waals surface area contributed by atoms with Gasteiger partial charge in [-0.15, -0.1) is 0 Å². The Hall–Kier alpha value is -3.62. The second-order valence-corrected chi connectivity index (χ2v) is 20.9. The molecule has 4 aromatic rings. The van der Waals surface area contributed by atoms with E-state index in [9.17, 15) is 0 Å². The van der Waals surface area contributed by atoms with E-state index >= 15 is 0 Å². The molecule has 0 radical (unpaired) electrons. The zero-order valence-electron chi connectivity index (χ0n) is 30.4. The maximum atomic E-state index is 6.34. The summed E-state index contributed by atoms with van der Waals surface area (Å²) in [5.74, 6) is 1.02. The van der Waals surface area contributed by atoms with E-state index in [0.29, 0.717) is 11.1 Å². The molecule has 0 fully saturated rings. The van der Waals surface area contributed by atoms with E-state index in [2.05, 4.69) is 149 Å². The van der Waals surface area contributed by atoms with Crippen molar-refractivity contribution in [2.24, 2.45) is 0 Å². The predicted octanol–water partition coefficient (Wildman–Crippen LogP) is 12.4. The van der Waals surface area contributed by atoms with Gasteiger partial charge in [-0.25, -0.2) is 0 Å². The lowest BCUT2D eigenvalue weighted by Crippen LogP contribution is -2.42. The molecule has 6 rings (SSSR count). The summed E-state index contributed by atoms with van der Waals surface area (Å²) in [5.41, 5.74) is 22.7. The number of methoxy groups -OCH3 is 1. The van der Waals surface area contributed by atoms with Gasteiger partial charge in [0.05, 0.1) is 15.2 Å². The molecule has 238 valence electrons. The van der Waals surface area contributed by atoms with Crippen LogP contribution in [0.2, 0.25) is 13.1 Å². The van der Waals surface area contributed by atoms with E-state index in [4.69, 9.17) is 4.74 Å². The maximum absolute atomic E-state index is 6.34. The highest BCUT2D eigenvalue weighted by atomic mass is 28.3. The Bertz CT molecular complexity index is 1920. The molecule has 2 aliphatic rings. The lowest BCUT2D eigenvalue weighted by molar-refractivity contribution is 0.399. The topological polar surface area (TPSA) is 9.23 Å². The van der Waals surface area contributed by atoms with Crippen LogP contribution >= 0.6 is 0 Å². The fourth-order valence-corrected chi connectivity index (χ4v) is 14.0. The van der Waals surface area contributed by atoms with Crippen molar-refractivity contribution in [1.29, 1.82) is 0 Å². The zero-order chi connectivity index (χ0) is 33.5. The number of benzene rings is 4. The van der Waals surface area contributed by atoms with Gasteiger partial charge in [0.1, 0.15) is 5.75 Å². The number of allylic oxidation sites excluding steroid dienone is 2. The Morgan fingerprint density at radius 2 is 1.02 bits per heavy atom. The Balaban J connectivity index is 1.57. The van der Waals surface area contributed by atoms with Crippen molar-refractivity contribution in [3.05, 3.63) is 121 Å². The largest absolute Gasteiger partial charge is 0.496 e. The molecule has 1 nitrogen and oxygen atoms in total. The van der Waals surface area contributed by atoms with Crippen molar-refractivity contribution >= 4 is 20.2 Å². The third-order valence-corrected chi connectivity index (χ3v) is 15.0. The minimum Gasteiger partial charge on any atom is -0.496 e. The van der Waals surface area contributed by atoms with Gasteiger partial charge in [-0.05, 0) is 92.8 Å². The molecular weight excluding hydrogens is 573 g/mol. The molecule has 0 saturated heterocycles. The molecule has 0 saturated carbocycles. The minimum atomic E-state index is -2.07. The summed E-state index contributed by atoms with van der Waals surface area (Å²) in [6.07, 6.45) is 5.02. The average molecular weight is 625 g/mol. The van der Waals surface area contributed by atoms with Crippen molar-refractivity contribution in [3.63, 3.8) is 0 Å². The van der Waals surface area contributed by atoms with Crippen molar-refractivity contribution in [2.75, 3.05) is 7.11 Å². The molecule has 4 aromatic carbocycles. The second kappa shape index (κ2) is 11.3. The molecule has 2 atom stereocenters. The van der Waals surface area contributed by atoms with Crippen LogP contribution in [0.3, 0.4) is 0 Å². The molecule has 2 unspecified atom stereocenters. The van der Waals surface area contributed by atoms with E-state index in [0.717, 1.165) is 5.75 Å². The molecule has 0 N–H and O–H groups in total. The second-order valence-electron chi connectivity index (χ2n) is 16.1. The number of hydrogen-bond donors (Lipinski definition) is 0. The highest BCUT2D eigenvalue weighted by Gasteiger charge is 2.48. The van der Waals surface area contributed by atoms with Crippen LogP contribution in [-0.2, 0) is 5.41 Å². The van der Waals surface area contributed by atoms with Gasteiger partial charge < -0.3 is 4.74 Å². The van der Waals surface area contributed by atoms with E-state index in [-0.39, 0.29) is 5.41 Å². The SMILES string of the molecule is COc1c(C(C)(C)C)cc2c(c1-c1cc(C)cc(C)c1)C=C(C)C2[Si](C)(C)C1C(C)=Cc2c(-c3cc(C)cc(C)c3)cc(C)cc21. The summed E-state index contributed by atoms with van der Waals surface area (Å²) in [5, 5.41) is 0. The van der Waals surface area contributed by atoms with Crippen LogP contribution in [0.1, 0.15) is 101 Å². The van der Waals surface area contributed by atoms with Crippen LogP contribution in [0.4, 0.5) is 0 Å². The molecule has 0 spiro atoms. The van der Waals surface area contributed by atoms with Crippen molar-refractivity contribution in [1.82, 2.24) is 0 Å². The van der Waals surface area contributed by atoms with Gasteiger partial charge in [0, 0.05) is 22.2 Å². The maximum Gasteiger partial charge on any atom is 0.131 e. The molecule has 46 heavy (non-hydrogen) atoms. The van der Waals surface area contributed by atoms with Crippen molar-refractivity contribution in [3.8, 4) is 28.0 Å². The molecule has 2 heteroatoms. The molecule has 2 aliphatic carbocycles. The molecule has 0 aliphatic heterocycles. The van der Waals surface area contributed by atoms with Gasteiger partial charge >= 0.3 is 0 Å². The van der Waals surface area contributed by atoms with Gasteiger partial charge in [0.25, 0.3) is 0 Å². The third kappa shape index (κ3) is 5.33. The summed E-state index contributed by atoms with van der Waals surface area (Å²) in [7, 11) is -0.216. The Morgan fingerprint density at radius 1 is 0.565 bits per heavy atom. The molecular formula is C44H52OSi. The first-order valence-electron chi connectivity index (χ1n) is 16.9. The fourth-order valence-electron chi connectivity index (χ4n) is 9.12. The van der Waals surface area contributed by atoms with Crippen LogP contribution in [0, 0.1) is 34.6 Å². The first-order valence-corrected chi connectivity index (χ1v) is 20.1. The Kier molecular flexibility index (Phi) is 7.92. The minimum absolute atomic E-state index is 0.0610. The summed E-state index contributed by atoms with van der Waals surface area (Å²) >= 11 is 0. The van der Waals surface area contributed by atoms with Crippen LogP contribution in [0.5, 0.6) is 5.75 Å². The monoisotopic (exact) mass is 624 g/mol. The quantitative estimate of drug-likeness (QED) is 0.201. The molecule has 0 amide bonds. The van der Waals surface area contributed by atoms with Crippen molar-refractivity contribution in [2.45, 2.75) is 98.8 Å². The van der Waals surface area contributed by atoms with Gasteiger partial charge in [0.15, 0.2) is 0 Å². The summed E-state index contributed by atoms with van der Waals surface area (Å²) in [6, 6.07) is 21.4. The summed E-state index contributed by atoms with van der Waals surface area (Å²) in [4.78, 5) is 0. The number of ether oxygens (including phenoxy) is 1. The predicted molar refractivity (Wildman–Crippen MR) is 203 cm³/mol. The zero-order valence-corrected chi connectivity index (χ0v) is 31.4. The van der Waals surface area contributed by atoms with Gasteiger partial charge in [-0.2, -0.15) is 0 Å². The van der Waals surface area contributed by atoms with E-state index in [1.807, 2.05) is 7.11 Å². The highest BCUT2D eigenvalue weighted by Crippen LogP contribution is 2.57. The highest BCUT2D eigenvalue weighted by molar-refractivity contribution is 6.81. The number of fused-ring (bicyclic) bond motifs is 2. The Labute approximate surface area is 279 Å². The molecule has 0 bridgehead atoms. The van der Waals surface area contributed by atoms with Crippen LogP contribution < -0.4 is 4.74 Å². The van der Waals surface area contributed by atoms with E-state index < -0.39 is 8.07 Å². The van der Waals surface area contributed by atoms with E-state index in [1.165, 1.54) is 89.0 Å². The lowest BCUT2D eigenvalue weighted by Gasteiger charge is -2.40. The van der Waals surface area contributed by atoms with Crippen LogP contribution in [-0.4, -0.2) is 15.2 Å². The lowest BCUT2D eigenvalue weighted by atomic mass is 9.81. The summed E-state index contributed by atoms with van der Waals surface area (Å²) in [6.45, 7) is 28.2. The first kappa shape index (κ1) is 32.3. The number of aryl methyl sites for hydroxylation is 5.